The van der Waals surface area contributed by atoms with Crippen LogP contribution in [0.4, 0.5) is 13.2 Å². The van der Waals surface area contributed by atoms with E-state index in [1.807, 2.05) is 0 Å². The van der Waals surface area contributed by atoms with E-state index in [-0.39, 0.29) is 17.0 Å². The Hall–Kier alpha value is -0.780. The monoisotopic (exact) mass is 348 g/mol. The lowest BCUT2D eigenvalue weighted by Gasteiger charge is -2.39. The lowest BCUT2D eigenvalue weighted by Crippen LogP contribution is -2.46. The second-order valence-corrected chi connectivity index (χ2v) is 6.70. The van der Waals surface area contributed by atoms with E-state index in [2.05, 4.69) is 24.1 Å². The first-order valence-electron chi connectivity index (χ1n) is 8.15. The fourth-order valence-corrected chi connectivity index (χ4v) is 3.66. The summed E-state index contributed by atoms with van der Waals surface area (Å²) in [6.45, 7) is 7.62. The van der Waals surface area contributed by atoms with Crippen molar-refractivity contribution in [1.82, 2.24) is 10.2 Å². The van der Waals surface area contributed by atoms with E-state index < -0.39 is 11.7 Å². The molecule has 0 spiro atoms. The largest absolute Gasteiger partial charge is 0.416 e. The fraction of sp³-hybridized carbons (Fsp3) is 0.647. The van der Waals surface area contributed by atoms with E-state index in [9.17, 15) is 13.2 Å². The summed E-state index contributed by atoms with van der Waals surface area (Å²) < 4.78 is 39.4. The Labute approximate surface area is 141 Å². The quantitative estimate of drug-likeness (QED) is 0.826. The summed E-state index contributed by atoms with van der Waals surface area (Å²) in [5.74, 6) is 0.276. The van der Waals surface area contributed by atoms with Gasteiger partial charge in [0, 0.05) is 37.2 Å². The van der Waals surface area contributed by atoms with E-state index in [4.69, 9.17) is 11.6 Å². The van der Waals surface area contributed by atoms with Crippen molar-refractivity contribution in [3.05, 3.63) is 34.3 Å². The van der Waals surface area contributed by atoms with Crippen LogP contribution >= 0.6 is 11.6 Å². The first kappa shape index (κ1) is 18.6. The molecule has 1 aromatic carbocycles. The van der Waals surface area contributed by atoms with Gasteiger partial charge in [-0.05, 0) is 36.1 Å². The third kappa shape index (κ3) is 4.85. The van der Waals surface area contributed by atoms with E-state index in [0.29, 0.717) is 5.56 Å². The molecule has 0 aromatic heterocycles. The van der Waals surface area contributed by atoms with Crippen molar-refractivity contribution in [2.24, 2.45) is 5.92 Å². The van der Waals surface area contributed by atoms with Crippen molar-refractivity contribution in [2.75, 3.05) is 26.2 Å². The minimum atomic E-state index is -4.37. The van der Waals surface area contributed by atoms with Gasteiger partial charge < -0.3 is 5.32 Å². The van der Waals surface area contributed by atoms with Gasteiger partial charge >= 0.3 is 6.18 Å². The van der Waals surface area contributed by atoms with Crippen molar-refractivity contribution in [3.63, 3.8) is 0 Å². The van der Waals surface area contributed by atoms with Crippen LogP contribution in [0.3, 0.4) is 0 Å². The van der Waals surface area contributed by atoms with Gasteiger partial charge in [0.15, 0.2) is 0 Å². The summed E-state index contributed by atoms with van der Waals surface area (Å²) in [5.41, 5.74) is 0.0107. The van der Waals surface area contributed by atoms with Gasteiger partial charge in [0.1, 0.15) is 0 Å². The molecule has 0 amide bonds. The highest BCUT2D eigenvalue weighted by Crippen LogP contribution is 2.37. The molecule has 1 fully saturated rings. The minimum Gasteiger partial charge on any atom is -0.314 e. The van der Waals surface area contributed by atoms with Crippen LogP contribution in [0.2, 0.25) is 5.02 Å². The van der Waals surface area contributed by atoms with Crippen LogP contribution in [0.1, 0.15) is 43.9 Å². The smallest absolute Gasteiger partial charge is 0.314 e. The number of nitrogens with one attached hydrogen (secondary N) is 1. The average molecular weight is 349 g/mol. The summed E-state index contributed by atoms with van der Waals surface area (Å²) in [6, 6.07) is 3.93. The Morgan fingerprint density at radius 1 is 1.22 bits per heavy atom. The standard InChI is InChI=1S/C17H24ClF3N2/c1-3-4-12(2)16(23-7-5-22-6-8-23)13-9-14(17(19,20)21)11-15(18)10-13/h9-12,16,22H,3-8H2,1-2H3/t12?,16-/m1/s1. The van der Waals surface area contributed by atoms with Crippen LogP contribution < -0.4 is 5.32 Å². The molecule has 6 heteroatoms. The zero-order chi connectivity index (χ0) is 17.0. The van der Waals surface area contributed by atoms with Crippen molar-refractivity contribution < 1.29 is 13.2 Å². The van der Waals surface area contributed by atoms with E-state index in [1.54, 1.807) is 6.07 Å². The lowest BCUT2D eigenvalue weighted by atomic mass is 9.88. The molecule has 0 bridgehead atoms. The number of piperazine rings is 1. The predicted octanol–water partition coefficient (Wildman–Crippen LogP) is 4.74. The molecule has 1 aromatic rings. The van der Waals surface area contributed by atoms with Gasteiger partial charge in [-0.25, -0.2) is 0 Å². The number of halogens is 4. The molecule has 1 heterocycles. The summed E-state index contributed by atoms with van der Waals surface area (Å²) >= 11 is 5.99. The number of alkyl halides is 3. The molecule has 130 valence electrons. The zero-order valence-corrected chi connectivity index (χ0v) is 14.3. The van der Waals surface area contributed by atoms with Crippen molar-refractivity contribution in [1.29, 1.82) is 0 Å². The molecular weight excluding hydrogens is 325 g/mol. The van der Waals surface area contributed by atoms with Crippen molar-refractivity contribution >= 4 is 11.6 Å². The molecule has 0 saturated carbocycles. The number of hydrogen-bond donors (Lipinski definition) is 1. The topological polar surface area (TPSA) is 15.3 Å². The number of hydrogen-bond acceptors (Lipinski definition) is 2. The Kier molecular flexibility index (Phi) is 6.34. The number of rotatable bonds is 5. The van der Waals surface area contributed by atoms with Crippen LogP contribution in [0.15, 0.2) is 18.2 Å². The summed E-state index contributed by atoms with van der Waals surface area (Å²) in [7, 11) is 0. The molecule has 2 rings (SSSR count). The fourth-order valence-electron chi connectivity index (χ4n) is 3.42. The Morgan fingerprint density at radius 2 is 1.87 bits per heavy atom. The molecule has 2 atom stereocenters. The third-order valence-electron chi connectivity index (χ3n) is 4.42. The maximum absolute atomic E-state index is 13.1. The molecule has 1 aliphatic rings. The van der Waals surface area contributed by atoms with Gasteiger partial charge in [-0.3, -0.25) is 4.90 Å². The summed E-state index contributed by atoms with van der Waals surface area (Å²) in [5, 5.41) is 3.44. The summed E-state index contributed by atoms with van der Waals surface area (Å²) in [6.07, 6.45) is -2.39. The SMILES string of the molecule is CCCC(C)[C@H](c1cc(Cl)cc(C(F)(F)F)c1)N1CCNCC1. The van der Waals surface area contributed by atoms with E-state index >= 15 is 0 Å². The Morgan fingerprint density at radius 3 is 2.43 bits per heavy atom. The highest BCUT2D eigenvalue weighted by atomic mass is 35.5. The van der Waals surface area contributed by atoms with Gasteiger partial charge in [-0.2, -0.15) is 13.2 Å². The van der Waals surface area contributed by atoms with E-state index in [0.717, 1.165) is 45.1 Å². The van der Waals surface area contributed by atoms with Gasteiger partial charge in [0.2, 0.25) is 0 Å². The van der Waals surface area contributed by atoms with Gasteiger partial charge in [0.05, 0.1) is 5.56 Å². The first-order chi connectivity index (χ1) is 10.8. The molecule has 1 aliphatic heterocycles. The normalized spacial score (nSPS) is 19.6. The second-order valence-electron chi connectivity index (χ2n) is 6.27. The van der Waals surface area contributed by atoms with E-state index in [1.165, 1.54) is 6.07 Å². The number of benzene rings is 1. The molecule has 1 unspecified atom stereocenters. The van der Waals surface area contributed by atoms with Crippen molar-refractivity contribution in [2.45, 2.75) is 38.9 Å². The third-order valence-corrected chi connectivity index (χ3v) is 4.64. The average Bonchev–Trinajstić information content (AvgIpc) is 2.47. The van der Waals surface area contributed by atoms with Crippen LogP contribution in [-0.2, 0) is 6.18 Å². The van der Waals surface area contributed by atoms with Gasteiger partial charge in [0.25, 0.3) is 0 Å². The maximum atomic E-state index is 13.1. The molecule has 2 nitrogen and oxygen atoms in total. The highest BCUT2D eigenvalue weighted by molar-refractivity contribution is 6.30. The molecule has 23 heavy (non-hydrogen) atoms. The Bertz CT molecular complexity index is 513. The van der Waals surface area contributed by atoms with Crippen LogP contribution in [0.5, 0.6) is 0 Å². The number of nitrogens with zero attached hydrogens (tertiary/aromatic N) is 1. The molecule has 0 radical (unpaired) electrons. The van der Waals surface area contributed by atoms with Crippen molar-refractivity contribution in [3.8, 4) is 0 Å². The highest BCUT2D eigenvalue weighted by Gasteiger charge is 2.33. The van der Waals surface area contributed by atoms with Crippen LogP contribution in [0, 0.1) is 5.92 Å². The van der Waals surface area contributed by atoms with Crippen LogP contribution in [-0.4, -0.2) is 31.1 Å². The zero-order valence-electron chi connectivity index (χ0n) is 13.6. The maximum Gasteiger partial charge on any atom is 0.416 e. The van der Waals surface area contributed by atoms with Crippen LogP contribution in [0.25, 0.3) is 0 Å². The second kappa shape index (κ2) is 7.86. The predicted molar refractivity (Wildman–Crippen MR) is 87.7 cm³/mol. The molecule has 1 N–H and O–H groups in total. The van der Waals surface area contributed by atoms with Gasteiger partial charge in [-0.15, -0.1) is 0 Å². The summed E-state index contributed by atoms with van der Waals surface area (Å²) in [4.78, 5) is 2.28. The minimum absolute atomic E-state index is 0.0307. The lowest BCUT2D eigenvalue weighted by molar-refractivity contribution is -0.137. The Balaban J connectivity index is 2.39. The first-order valence-corrected chi connectivity index (χ1v) is 8.53. The van der Waals surface area contributed by atoms with Gasteiger partial charge in [-0.1, -0.05) is 31.9 Å². The molecular formula is C17H24ClF3N2. The molecule has 0 aliphatic carbocycles. The molecule has 1 saturated heterocycles.